The van der Waals surface area contributed by atoms with Gasteiger partial charge in [-0.1, -0.05) is 36.4 Å². The van der Waals surface area contributed by atoms with Crippen molar-refractivity contribution in [2.75, 3.05) is 12.0 Å². The molecule has 0 fully saturated rings. The van der Waals surface area contributed by atoms with E-state index in [2.05, 4.69) is 0 Å². The van der Waals surface area contributed by atoms with Crippen molar-refractivity contribution in [2.24, 2.45) is 0 Å². The zero-order chi connectivity index (χ0) is 20.8. The summed E-state index contributed by atoms with van der Waals surface area (Å²) in [7, 11) is 1.60. The fraction of sp³-hybridized carbons (Fsp3) is 0.136. The Morgan fingerprint density at radius 3 is 2.41 bits per heavy atom. The van der Waals surface area contributed by atoms with E-state index in [1.807, 2.05) is 35.2 Å². The number of carbonyl (C=O) groups is 1. The Bertz CT molecular complexity index is 1020. The lowest BCUT2D eigenvalue weighted by molar-refractivity contribution is -0.384. The maximum atomic E-state index is 11.4. The third kappa shape index (κ3) is 4.90. The van der Waals surface area contributed by atoms with Crippen LogP contribution in [0, 0.1) is 10.1 Å². The van der Waals surface area contributed by atoms with Gasteiger partial charge in [-0.25, -0.2) is 4.79 Å². The Morgan fingerprint density at radius 1 is 1.03 bits per heavy atom. The molecule has 3 rings (SSSR count). The molecule has 0 atom stereocenters. The van der Waals surface area contributed by atoms with Gasteiger partial charge in [0.25, 0.3) is 5.69 Å². The molecule has 3 aromatic rings. The second-order valence-electron chi connectivity index (χ2n) is 6.45. The summed E-state index contributed by atoms with van der Waals surface area (Å²) in [5.41, 5.74) is 2.76. The summed E-state index contributed by atoms with van der Waals surface area (Å²) in [6, 6.07) is 20.6. The Hall–Kier alpha value is -3.87. The van der Waals surface area contributed by atoms with Crippen molar-refractivity contribution >= 4 is 17.3 Å². The number of nitro benzene ring substituents is 1. The minimum atomic E-state index is -1.00. The van der Waals surface area contributed by atoms with Gasteiger partial charge in [-0.05, 0) is 29.8 Å². The summed E-state index contributed by atoms with van der Waals surface area (Å²) in [5, 5.41) is 20.2. The molecular formula is C22H20N2O5. The Balaban J connectivity index is 1.95. The molecule has 7 heteroatoms. The van der Waals surface area contributed by atoms with E-state index in [1.54, 1.807) is 37.4 Å². The molecule has 0 aromatic heterocycles. The predicted octanol–water partition coefficient (Wildman–Crippen LogP) is 4.51. The molecule has 0 spiro atoms. The molecule has 3 aromatic carbocycles. The number of anilines is 1. The molecule has 0 heterocycles. The topological polar surface area (TPSA) is 92.9 Å². The van der Waals surface area contributed by atoms with Crippen molar-refractivity contribution in [3.8, 4) is 5.75 Å². The lowest BCUT2D eigenvalue weighted by Gasteiger charge is -2.26. The van der Waals surface area contributed by atoms with E-state index in [9.17, 15) is 20.0 Å². The van der Waals surface area contributed by atoms with Crippen molar-refractivity contribution < 1.29 is 19.6 Å². The minimum absolute atomic E-state index is 0.0258. The maximum absolute atomic E-state index is 11.4. The summed E-state index contributed by atoms with van der Waals surface area (Å²) in [4.78, 5) is 23.9. The highest BCUT2D eigenvalue weighted by molar-refractivity contribution is 5.88. The smallest absolute Gasteiger partial charge is 0.335 e. The number of hydrogen-bond donors (Lipinski definition) is 1. The number of hydrogen-bond acceptors (Lipinski definition) is 5. The normalized spacial score (nSPS) is 10.4. The summed E-state index contributed by atoms with van der Waals surface area (Å²) in [6.07, 6.45) is 0. The van der Waals surface area contributed by atoms with E-state index in [0.717, 1.165) is 22.6 Å². The largest absolute Gasteiger partial charge is 0.496 e. The first-order valence-corrected chi connectivity index (χ1v) is 8.91. The van der Waals surface area contributed by atoms with Crippen molar-refractivity contribution in [1.29, 1.82) is 0 Å². The quantitative estimate of drug-likeness (QED) is 0.448. The van der Waals surface area contributed by atoms with E-state index in [1.165, 1.54) is 12.1 Å². The van der Waals surface area contributed by atoms with Gasteiger partial charge in [0.1, 0.15) is 5.75 Å². The van der Waals surface area contributed by atoms with Gasteiger partial charge in [0.2, 0.25) is 0 Å². The number of benzene rings is 3. The Labute approximate surface area is 167 Å². The molecule has 0 bridgehead atoms. The van der Waals surface area contributed by atoms with Crippen LogP contribution in [0.25, 0.3) is 0 Å². The molecule has 1 N–H and O–H groups in total. The van der Waals surface area contributed by atoms with Gasteiger partial charge in [0, 0.05) is 36.5 Å². The van der Waals surface area contributed by atoms with E-state index < -0.39 is 10.9 Å². The van der Waals surface area contributed by atoms with Crippen LogP contribution in [-0.2, 0) is 13.1 Å². The Morgan fingerprint density at radius 2 is 1.76 bits per heavy atom. The van der Waals surface area contributed by atoms with Crippen molar-refractivity contribution in [2.45, 2.75) is 13.1 Å². The third-order valence-corrected chi connectivity index (χ3v) is 4.53. The van der Waals surface area contributed by atoms with Crippen LogP contribution in [0.4, 0.5) is 11.4 Å². The van der Waals surface area contributed by atoms with Crippen LogP contribution in [0.2, 0.25) is 0 Å². The van der Waals surface area contributed by atoms with Crippen LogP contribution in [0.15, 0.2) is 72.8 Å². The van der Waals surface area contributed by atoms with Crippen LogP contribution in [0.1, 0.15) is 21.5 Å². The molecule has 0 amide bonds. The van der Waals surface area contributed by atoms with Crippen molar-refractivity contribution in [3.05, 3.63) is 99.6 Å². The van der Waals surface area contributed by atoms with Crippen LogP contribution in [-0.4, -0.2) is 23.1 Å². The summed E-state index contributed by atoms with van der Waals surface area (Å²) in [6.45, 7) is 0.920. The minimum Gasteiger partial charge on any atom is -0.496 e. The van der Waals surface area contributed by atoms with E-state index in [-0.39, 0.29) is 11.3 Å². The molecule has 0 unspecified atom stereocenters. The number of para-hydroxylation sites is 1. The van der Waals surface area contributed by atoms with Gasteiger partial charge in [0.15, 0.2) is 0 Å². The fourth-order valence-corrected chi connectivity index (χ4v) is 3.06. The second kappa shape index (κ2) is 8.88. The number of non-ortho nitro benzene ring substituents is 1. The first-order chi connectivity index (χ1) is 14.0. The van der Waals surface area contributed by atoms with E-state index in [4.69, 9.17) is 4.74 Å². The number of aromatic carboxylic acids is 1. The fourth-order valence-electron chi connectivity index (χ4n) is 3.06. The van der Waals surface area contributed by atoms with E-state index in [0.29, 0.717) is 13.1 Å². The Kier molecular flexibility index (Phi) is 6.09. The van der Waals surface area contributed by atoms with Crippen LogP contribution < -0.4 is 9.64 Å². The average Bonchev–Trinajstić information content (AvgIpc) is 2.74. The van der Waals surface area contributed by atoms with Crippen LogP contribution in [0.5, 0.6) is 5.75 Å². The van der Waals surface area contributed by atoms with Gasteiger partial charge in [-0.3, -0.25) is 10.1 Å². The summed E-state index contributed by atoms with van der Waals surface area (Å²) >= 11 is 0. The molecule has 148 valence electrons. The number of ether oxygens (including phenoxy) is 1. The number of nitro groups is 1. The highest BCUT2D eigenvalue weighted by Crippen LogP contribution is 2.26. The maximum Gasteiger partial charge on any atom is 0.335 e. The molecule has 0 saturated heterocycles. The molecule has 0 aliphatic rings. The predicted molar refractivity (Wildman–Crippen MR) is 109 cm³/mol. The number of nitrogens with zero attached hydrogens (tertiary/aromatic N) is 2. The van der Waals surface area contributed by atoms with E-state index >= 15 is 0 Å². The molecule has 29 heavy (non-hydrogen) atoms. The summed E-state index contributed by atoms with van der Waals surface area (Å²) < 4.78 is 5.44. The van der Waals surface area contributed by atoms with Crippen LogP contribution in [0.3, 0.4) is 0 Å². The van der Waals surface area contributed by atoms with Gasteiger partial charge in [-0.15, -0.1) is 0 Å². The van der Waals surface area contributed by atoms with Crippen molar-refractivity contribution in [3.63, 3.8) is 0 Å². The highest BCUT2D eigenvalue weighted by atomic mass is 16.6. The second-order valence-corrected chi connectivity index (χ2v) is 6.45. The summed E-state index contributed by atoms with van der Waals surface area (Å²) in [5.74, 6) is -0.269. The molecule has 0 radical (unpaired) electrons. The monoisotopic (exact) mass is 392 g/mol. The zero-order valence-corrected chi connectivity index (χ0v) is 15.8. The first-order valence-electron chi connectivity index (χ1n) is 8.91. The molecule has 0 saturated carbocycles. The molecule has 0 aliphatic heterocycles. The molecular weight excluding hydrogens is 372 g/mol. The van der Waals surface area contributed by atoms with Gasteiger partial charge >= 0.3 is 5.97 Å². The molecule has 7 nitrogen and oxygen atoms in total. The third-order valence-electron chi connectivity index (χ3n) is 4.53. The van der Waals surface area contributed by atoms with Gasteiger partial charge in [0.05, 0.1) is 17.6 Å². The van der Waals surface area contributed by atoms with Gasteiger partial charge in [-0.2, -0.15) is 0 Å². The standard InChI is InChI=1S/C22H20N2O5/c1-29-21-8-3-2-5-18(21)15-23(20-7-4-6-17(13-20)22(25)26)14-16-9-11-19(12-10-16)24(27)28/h2-13H,14-15H2,1H3,(H,25,26). The molecule has 0 aliphatic carbocycles. The van der Waals surface area contributed by atoms with Crippen LogP contribution >= 0.6 is 0 Å². The SMILES string of the molecule is COc1ccccc1CN(Cc1ccc([N+](=O)[O-])cc1)c1cccc(C(=O)O)c1. The van der Waals surface area contributed by atoms with Gasteiger partial charge < -0.3 is 14.7 Å². The number of methoxy groups -OCH3 is 1. The number of carboxylic acid groups (broad SMARTS) is 1. The first kappa shape index (κ1) is 19.9. The number of rotatable bonds is 8. The highest BCUT2D eigenvalue weighted by Gasteiger charge is 2.14. The lowest BCUT2D eigenvalue weighted by atomic mass is 10.1. The van der Waals surface area contributed by atoms with Crippen molar-refractivity contribution in [1.82, 2.24) is 0 Å². The lowest BCUT2D eigenvalue weighted by Crippen LogP contribution is -2.22. The zero-order valence-electron chi connectivity index (χ0n) is 15.8. The number of carboxylic acids is 1. The average molecular weight is 392 g/mol.